The standard InChI is InChI=1S/C19H18BrFN2O3/c20-15-2-3-17(21)13(11-15)1-4-18(24)22-16-5-8-23(9-6-16)19(25)14-7-10-26-12-14/h1-4,7,10-12,16H,5-6,8-9H2,(H,22,24). The van der Waals surface area contributed by atoms with Crippen molar-refractivity contribution >= 4 is 33.8 Å². The quantitative estimate of drug-likeness (QED) is 0.768. The summed E-state index contributed by atoms with van der Waals surface area (Å²) in [6.45, 7) is 1.14. The molecule has 1 aromatic heterocycles. The van der Waals surface area contributed by atoms with Crippen LogP contribution >= 0.6 is 15.9 Å². The topological polar surface area (TPSA) is 62.6 Å². The van der Waals surface area contributed by atoms with E-state index in [0.717, 1.165) is 4.47 Å². The molecule has 7 heteroatoms. The highest BCUT2D eigenvalue weighted by Crippen LogP contribution is 2.17. The Balaban J connectivity index is 1.49. The van der Waals surface area contributed by atoms with E-state index in [9.17, 15) is 14.0 Å². The first-order valence-electron chi connectivity index (χ1n) is 8.28. The molecule has 0 unspecified atom stereocenters. The predicted octanol–water partition coefficient (Wildman–Crippen LogP) is 3.62. The van der Waals surface area contributed by atoms with Crippen molar-refractivity contribution in [2.24, 2.45) is 0 Å². The first-order valence-corrected chi connectivity index (χ1v) is 9.07. The van der Waals surface area contributed by atoms with E-state index in [2.05, 4.69) is 21.2 Å². The van der Waals surface area contributed by atoms with Crippen LogP contribution < -0.4 is 5.32 Å². The van der Waals surface area contributed by atoms with E-state index in [0.29, 0.717) is 37.1 Å². The second-order valence-corrected chi connectivity index (χ2v) is 7.00. The van der Waals surface area contributed by atoms with E-state index in [4.69, 9.17) is 4.42 Å². The lowest BCUT2D eigenvalue weighted by Gasteiger charge is -2.32. The molecule has 26 heavy (non-hydrogen) atoms. The van der Waals surface area contributed by atoms with E-state index in [1.54, 1.807) is 23.1 Å². The monoisotopic (exact) mass is 420 g/mol. The summed E-state index contributed by atoms with van der Waals surface area (Å²) in [5.74, 6) is -0.721. The molecule has 0 atom stereocenters. The molecule has 1 fully saturated rings. The number of nitrogens with zero attached hydrogens (tertiary/aromatic N) is 1. The Bertz CT molecular complexity index is 812. The average Bonchev–Trinajstić information content (AvgIpc) is 3.17. The number of hydrogen-bond donors (Lipinski definition) is 1. The number of rotatable bonds is 4. The molecule has 0 aliphatic carbocycles. The molecule has 1 aliphatic heterocycles. The fraction of sp³-hybridized carbons (Fsp3) is 0.263. The summed E-state index contributed by atoms with van der Waals surface area (Å²) in [6, 6.07) is 6.19. The average molecular weight is 421 g/mol. The number of amides is 2. The Morgan fingerprint density at radius 2 is 2.04 bits per heavy atom. The Morgan fingerprint density at radius 3 is 2.73 bits per heavy atom. The second-order valence-electron chi connectivity index (χ2n) is 6.09. The summed E-state index contributed by atoms with van der Waals surface area (Å²) in [7, 11) is 0. The van der Waals surface area contributed by atoms with Crippen LogP contribution in [0.1, 0.15) is 28.8 Å². The van der Waals surface area contributed by atoms with Gasteiger partial charge in [0.25, 0.3) is 5.91 Å². The number of carbonyl (C=O) groups excluding carboxylic acids is 2. The number of nitrogens with one attached hydrogen (secondary N) is 1. The Kier molecular flexibility index (Phi) is 5.88. The van der Waals surface area contributed by atoms with Crippen molar-refractivity contribution in [3.8, 4) is 0 Å². The van der Waals surface area contributed by atoms with Crippen molar-refractivity contribution in [3.63, 3.8) is 0 Å². The number of piperidine rings is 1. The summed E-state index contributed by atoms with van der Waals surface area (Å²) < 4.78 is 19.3. The zero-order chi connectivity index (χ0) is 18.5. The van der Waals surface area contributed by atoms with E-state index in [1.165, 1.54) is 30.7 Å². The van der Waals surface area contributed by atoms with E-state index < -0.39 is 0 Å². The molecule has 0 radical (unpaired) electrons. The van der Waals surface area contributed by atoms with Gasteiger partial charge < -0.3 is 14.6 Å². The number of hydrogen-bond acceptors (Lipinski definition) is 3. The van der Waals surface area contributed by atoms with Crippen LogP contribution in [0.3, 0.4) is 0 Å². The third kappa shape index (κ3) is 4.60. The molecule has 2 amide bonds. The molecule has 0 saturated carbocycles. The molecule has 1 aliphatic rings. The zero-order valence-electron chi connectivity index (χ0n) is 14.0. The van der Waals surface area contributed by atoms with Crippen LogP contribution in [0.5, 0.6) is 0 Å². The minimum Gasteiger partial charge on any atom is -0.472 e. The third-order valence-corrected chi connectivity index (χ3v) is 4.76. The van der Waals surface area contributed by atoms with Gasteiger partial charge in [-0.25, -0.2) is 4.39 Å². The van der Waals surface area contributed by atoms with E-state index >= 15 is 0 Å². The largest absolute Gasteiger partial charge is 0.472 e. The van der Waals surface area contributed by atoms with Gasteiger partial charge in [0.1, 0.15) is 12.1 Å². The van der Waals surface area contributed by atoms with Gasteiger partial charge in [0, 0.05) is 35.2 Å². The highest BCUT2D eigenvalue weighted by atomic mass is 79.9. The third-order valence-electron chi connectivity index (χ3n) is 4.27. The molecule has 1 N–H and O–H groups in total. The van der Waals surface area contributed by atoms with Crippen LogP contribution in [-0.4, -0.2) is 35.8 Å². The van der Waals surface area contributed by atoms with Crippen LogP contribution in [0.25, 0.3) is 6.08 Å². The van der Waals surface area contributed by atoms with Gasteiger partial charge in [-0.1, -0.05) is 15.9 Å². The first kappa shape index (κ1) is 18.4. The van der Waals surface area contributed by atoms with E-state index in [-0.39, 0.29) is 23.7 Å². The number of halogens is 2. The summed E-state index contributed by atoms with van der Waals surface area (Å²) in [6.07, 6.45) is 7.03. The summed E-state index contributed by atoms with van der Waals surface area (Å²) >= 11 is 3.28. The molecule has 0 spiro atoms. The lowest BCUT2D eigenvalue weighted by atomic mass is 10.0. The van der Waals surface area contributed by atoms with Gasteiger partial charge in [0.2, 0.25) is 5.91 Å². The Labute approximate surface area is 159 Å². The van der Waals surface area contributed by atoms with Crippen molar-refractivity contribution in [1.29, 1.82) is 0 Å². The second kappa shape index (κ2) is 8.31. The van der Waals surface area contributed by atoms with Crippen molar-refractivity contribution in [2.45, 2.75) is 18.9 Å². The molecule has 1 aromatic carbocycles. The molecule has 2 aromatic rings. The minimum atomic E-state index is -0.386. The normalized spacial score (nSPS) is 15.4. The molecule has 0 bridgehead atoms. The van der Waals surface area contributed by atoms with Crippen LogP contribution in [0.4, 0.5) is 4.39 Å². The number of furan rings is 1. The molecule has 3 rings (SSSR count). The van der Waals surface area contributed by atoms with Crippen molar-refractivity contribution in [2.75, 3.05) is 13.1 Å². The minimum absolute atomic E-state index is 0.00657. The SMILES string of the molecule is O=C(C=Cc1cc(Br)ccc1F)NC1CCN(C(=O)c2ccoc2)CC1. The lowest BCUT2D eigenvalue weighted by molar-refractivity contribution is -0.117. The Hall–Kier alpha value is -2.41. The molecule has 136 valence electrons. The summed E-state index contributed by atoms with van der Waals surface area (Å²) in [4.78, 5) is 26.0. The van der Waals surface area contributed by atoms with Gasteiger partial charge in [-0.15, -0.1) is 0 Å². The molecule has 2 heterocycles. The van der Waals surface area contributed by atoms with Crippen LogP contribution in [-0.2, 0) is 4.79 Å². The van der Waals surface area contributed by atoms with E-state index in [1.807, 2.05) is 0 Å². The number of likely N-dealkylation sites (tertiary alicyclic amines) is 1. The highest BCUT2D eigenvalue weighted by molar-refractivity contribution is 9.10. The van der Waals surface area contributed by atoms with Gasteiger partial charge in [-0.2, -0.15) is 0 Å². The number of benzene rings is 1. The zero-order valence-corrected chi connectivity index (χ0v) is 15.5. The number of carbonyl (C=O) groups is 2. The van der Waals surface area contributed by atoms with Crippen LogP contribution in [0, 0.1) is 5.82 Å². The Morgan fingerprint density at radius 1 is 1.27 bits per heavy atom. The predicted molar refractivity (Wildman–Crippen MR) is 98.9 cm³/mol. The van der Waals surface area contributed by atoms with Crippen molar-refractivity contribution in [1.82, 2.24) is 10.2 Å². The van der Waals surface area contributed by atoms with Gasteiger partial charge >= 0.3 is 0 Å². The smallest absolute Gasteiger partial charge is 0.257 e. The highest BCUT2D eigenvalue weighted by Gasteiger charge is 2.24. The fourth-order valence-corrected chi connectivity index (χ4v) is 3.23. The lowest BCUT2D eigenvalue weighted by Crippen LogP contribution is -2.46. The van der Waals surface area contributed by atoms with Crippen molar-refractivity contribution < 1.29 is 18.4 Å². The maximum atomic E-state index is 13.7. The summed E-state index contributed by atoms with van der Waals surface area (Å²) in [5.41, 5.74) is 0.876. The van der Waals surface area contributed by atoms with Crippen molar-refractivity contribution in [3.05, 3.63) is 64.3 Å². The van der Waals surface area contributed by atoms with Gasteiger partial charge in [-0.3, -0.25) is 9.59 Å². The van der Waals surface area contributed by atoms with Gasteiger partial charge in [0.15, 0.2) is 0 Å². The molecular weight excluding hydrogens is 403 g/mol. The summed E-state index contributed by atoms with van der Waals surface area (Å²) in [5, 5.41) is 2.90. The molecular formula is C19H18BrFN2O3. The maximum absolute atomic E-state index is 13.7. The fourth-order valence-electron chi connectivity index (χ4n) is 2.85. The van der Waals surface area contributed by atoms with Crippen LogP contribution in [0.15, 0.2) is 51.8 Å². The molecule has 1 saturated heterocycles. The van der Waals surface area contributed by atoms with Crippen LogP contribution in [0.2, 0.25) is 0 Å². The maximum Gasteiger partial charge on any atom is 0.257 e. The molecule has 5 nitrogen and oxygen atoms in total. The first-order chi connectivity index (χ1) is 12.5. The van der Waals surface area contributed by atoms with Gasteiger partial charge in [0.05, 0.1) is 11.8 Å². The van der Waals surface area contributed by atoms with Gasteiger partial charge in [-0.05, 0) is 43.2 Å².